The number of halogens is 1. The van der Waals surface area contributed by atoms with Crippen LogP contribution in [-0.4, -0.2) is 29.0 Å². The van der Waals surface area contributed by atoms with Crippen molar-refractivity contribution in [3.8, 4) is 5.75 Å². The third-order valence-electron chi connectivity index (χ3n) is 6.07. The molecule has 1 atom stereocenters. The highest BCUT2D eigenvalue weighted by atomic mass is 35.5. The van der Waals surface area contributed by atoms with Crippen molar-refractivity contribution in [2.45, 2.75) is 25.6 Å². The van der Waals surface area contributed by atoms with Gasteiger partial charge in [0.15, 0.2) is 0 Å². The number of carbonyl (C=O) groups excluding carboxylic acids is 2. The van der Waals surface area contributed by atoms with Gasteiger partial charge in [-0.2, -0.15) is 0 Å². The van der Waals surface area contributed by atoms with Crippen molar-refractivity contribution in [2.75, 3.05) is 12.0 Å². The molecular weight excluding hydrogens is 458 g/mol. The molecule has 168 valence electrons. The number of thiophene rings is 1. The zero-order valence-electron chi connectivity index (χ0n) is 18.2. The van der Waals surface area contributed by atoms with Gasteiger partial charge in [0.05, 0.1) is 19.3 Å². The van der Waals surface area contributed by atoms with Gasteiger partial charge in [0.2, 0.25) is 5.91 Å². The van der Waals surface area contributed by atoms with Gasteiger partial charge >= 0.3 is 0 Å². The van der Waals surface area contributed by atoms with E-state index in [0.29, 0.717) is 35.2 Å². The number of anilines is 1. The molecule has 2 aromatic carbocycles. The third-order valence-corrected chi connectivity index (χ3v) is 7.27. The minimum Gasteiger partial charge on any atom is -0.495 e. The van der Waals surface area contributed by atoms with Crippen molar-refractivity contribution in [1.29, 1.82) is 0 Å². The van der Waals surface area contributed by atoms with E-state index in [-0.39, 0.29) is 11.8 Å². The van der Waals surface area contributed by atoms with Crippen LogP contribution in [0.15, 0.2) is 66.0 Å². The minimum atomic E-state index is -1.18. The molecule has 0 radical (unpaired) electrons. The Hall–Kier alpha value is -3.29. The van der Waals surface area contributed by atoms with E-state index in [9.17, 15) is 9.59 Å². The Labute approximate surface area is 200 Å². The Morgan fingerprint density at radius 3 is 2.70 bits per heavy atom. The highest BCUT2D eigenvalue weighted by Gasteiger charge is 2.49. The van der Waals surface area contributed by atoms with Crippen molar-refractivity contribution in [3.05, 3.63) is 82.3 Å². The number of rotatable bonds is 5. The van der Waals surface area contributed by atoms with Crippen LogP contribution in [0.3, 0.4) is 0 Å². The highest BCUT2D eigenvalue weighted by Crippen LogP contribution is 2.40. The van der Waals surface area contributed by atoms with Gasteiger partial charge in [-0.25, -0.2) is 0 Å². The lowest BCUT2D eigenvalue weighted by Crippen LogP contribution is -2.64. The van der Waals surface area contributed by atoms with E-state index < -0.39 is 5.54 Å². The predicted molar refractivity (Wildman–Crippen MR) is 131 cm³/mol. The number of amides is 2. The number of aromatic nitrogens is 1. The fraction of sp³-hybridized carbons (Fsp3) is 0.200. The third kappa shape index (κ3) is 3.57. The fourth-order valence-electron chi connectivity index (χ4n) is 4.36. The summed E-state index contributed by atoms with van der Waals surface area (Å²) in [6.07, 6.45) is 0. The summed E-state index contributed by atoms with van der Waals surface area (Å²) < 4.78 is 7.50. The van der Waals surface area contributed by atoms with Gasteiger partial charge in [0.1, 0.15) is 21.8 Å². The maximum atomic E-state index is 13.8. The molecule has 0 unspecified atom stereocenters. The second kappa shape index (κ2) is 8.24. The van der Waals surface area contributed by atoms with Crippen LogP contribution in [0.5, 0.6) is 5.75 Å². The second-order valence-electron chi connectivity index (χ2n) is 8.19. The Morgan fingerprint density at radius 2 is 1.94 bits per heavy atom. The summed E-state index contributed by atoms with van der Waals surface area (Å²) in [6, 6.07) is 18.5. The zero-order chi connectivity index (χ0) is 23.2. The number of fused-ring (bicyclic) bond motifs is 3. The molecular formula is C25H22ClN3O3S. The monoisotopic (exact) mass is 479 g/mol. The van der Waals surface area contributed by atoms with E-state index >= 15 is 0 Å². The van der Waals surface area contributed by atoms with Crippen LogP contribution < -0.4 is 15.0 Å². The van der Waals surface area contributed by atoms with Crippen molar-refractivity contribution < 1.29 is 14.3 Å². The van der Waals surface area contributed by atoms with Crippen LogP contribution in [0.4, 0.5) is 5.69 Å². The topological polar surface area (TPSA) is 63.6 Å². The Kier molecular flexibility index (Phi) is 5.38. The van der Waals surface area contributed by atoms with Gasteiger partial charge in [0, 0.05) is 17.0 Å². The van der Waals surface area contributed by atoms with Gasteiger partial charge in [0.25, 0.3) is 5.91 Å². The van der Waals surface area contributed by atoms with Crippen LogP contribution in [-0.2, 0) is 17.9 Å². The Morgan fingerprint density at radius 1 is 1.18 bits per heavy atom. The van der Waals surface area contributed by atoms with E-state index in [2.05, 4.69) is 5.32 Å². The number of nitrogens with one attached hydrogen (secondary N) is 1. The molecule has 33 heavy (non-hydrogen) atoms. The standard InChI is InChI=1S/C25H22ClN3O3S/c1-25(24(31)27-14-16-7-9-18(26)10-8-16)15-28-20(13-17-11-12-33-23(17)28)22(30)29(25)19-5-3-4-6-21(19)32-2/h3-13H,14-15H2,1-2H3,(H,27,31)/t25-/m0/s1. The summed E-state index contributed by atoms with van der Waals surface area (Å²) in [6.45, 7) is 2.45. The number of nitrogens with zero attached hydrogens (tertiary/aromatic N) is 2. The number of hydrogen-bond donors (Lipinski definition) is 1. The number of methoxy groups -OCH3 is 1. The second-order valence-corrected chi connectivity index (χ2v) is 9.52. The van der Waals surface area contributed by atoms with Gasteiger partial charge in [-0.15, -0.1) is 11.3 Å². The maximum Gasteiger partial charge on any atom is 0.276 e. The fourth-order valence-corrected chi connectivity index (χ4v) is 5.39. The smallest absolute Gasteiger partial charge is 0.276 e. The molecule has 0 aliphatic carbocycles. The molecule has 0 spiro atoms. The molecule has 0 saturated carbocycles. The lowest BCUT2D eigenvalue weighted by Gasteiger charge is -2.44. The number of ether oxygens (including phenoxy) is 1. The predicted octanol–water partition coefficient (Wildman–Crippen LogP) is 5.10. The maximum absolute atomic E-state index is 13.8. The normalized spacial score (nSPS) is 17.8. The van der Waals surface area contributed by atoms with Gasteiger partial charge in [-0.3, -0.25) is 14.5 Å². The molecule has 3 heterocycles. The number of benzene rings is 2. The largest absolute Gasteiger partial charge is 0.495 e. The molecule has 1 aliphatic heterocycles. The minimum absolute atomic E-state index is 0.238. The summed E-state index contributed by atoms with van der Waals surface area (Å²) in [5, 5.41) is 6.65. The van der Waals surface area contributed by atoms with Crippen LogP contribution in [0.2, 0.25) is 5.02 Å². The van der Waals surface area contributed by atoms with Crippen LogP contribution in [0, 0.1) is 0 Å². The number of para-hydroxylation sites is 2. The van der Waals surface area contributed by atoms with Gasteiger partial charge in [-0.1, -0.05) is 35.9 Å². The quantitative estimate of drug-likeness (QED) is 0.433. The van der Waals surface area contributed by atoms with E-state index in [1.807, 2.05) is 52.4 Å². The van der Waals surface area contributed by atoms with E-state index in [1.54, 1.807) is 48.5 Å². The SMILES string of the molecule is COc1ccccc1N1C(=O)c2cc3ccsc3n2C[C@@]1(C)C(=O)NCc1ccc(Cl)cc1. The Bertz CT molecular complexity index is 1360. The van der Waals surface area contributed by atoms with Crippen molar-refractivity contribution >= 4 is 50.7 Å². The molecule has 6 nitrogen and oxygen atoms in total. The molecule has 2 aromatic heterocycles. The first-order valence-corrected chi connectivity index (χ1v) is 11.8. The van der Waals surface area contributed by atoms with Crippen molar-refractivity contribution in [1.82, 2.24) is 9.88 Å². The molecule has 1 N–H and O–H groups in total. The lowest BCUT2D eigenvalue weighted by atomic mass is 9.93. The Balaban J connectivity index is 1.58. The molecule has 1 aliphatic rings. The number of hydrogen-bond acceptors (Lipinski definition) is 4. The summed E-state index contributed by atoms with van der Waals surface area (Å²) in [5.74, 6) is 0.0449. The molecule has 2 amide bonds. The molecule has 0 fully saturated rings. The molecule has 5 rings (SSSR count). The average Bonchev–Trinajstić information content (AvgIpc) is 3.41. The molecule has 0 bridgehead atoms. The van der Waals surface area contributed by atoms with E-state index in [0.717, 1.165) is 15.8 Å². The summed E-state index contributed by atoms with van der Waals surface area (Å²) in [4.78, 5) is 30.1. The van der Waals surface area contributed by atoms with Gasteiger partial charge < -0.3 is 14.6 Å². The van der Waals surface area contributed by atoms with Crippen molar-refractivity contribution in [2.24, 2.45) is 0 Å². The summed E-state index contributed by atoms with van der Waals surface area (Å²) in [7, 11) is 1.56. The van der Waals surface area contributed by atoms with E-state index in [1.165, 1.54) is 0 Å². The number of carbonyl (C=O) groups is 2. The first-order chi connectivity index (χ1) is 15.9. The first kappa shape index (κ1) is 21.6. The average molecular weight is 480 g/mol. The van der Waals surface area contributed by atoms with Crippen LogP contribution in [0.1, 0.15) is 23.0 Å². The van der Waals surface area contributed by atoms with Crippen LogP contribution >= 0.6 is 22.9 Å². The molecule has 8 heteroatoms. The molecule has 4 aromatic rings. The zero-order valence-corrected chi connectivity index (χ0v) is 19.7. The lowest BCUT2D eigenvalue weighted by molar-refractivity contribution is -0.126. The van der Waals surface area contributed by atoms with E-state index in [4.69, 9.17) is 16.3 Å². The van der Waals surface area contributed by atoms with Crippen LogP contribution in [0.25, 0.3) is 10.2 Å². The van der Waals surface area contributed by atoms with Gasteiger partial charge in [-0.05, 0) is 54.3 Å². The first-order valence-electron chi connectivity index (χ1n) is 10.5. The van der Waals surface area contributed by atoms with Crippen molar-refractivity contribution in [3.63, 3.8) is 0 Å². The summed E-state index contributed by atoms with van der Waals surface area (Å²) in [5.41, 5.74) is 0.862. The highest BCUT2D eigenvalue weighted by molar-refractivity contribution is 7.16. The molecule has 0 saturated heterocycles. The summed E-state index contributed by atoms with van der Waals surface area (Å²) >= 11 is 7.54.